The van der Waals surface area contributed by atoms with Crippen LogP contribution in [0.1, 0.15) is 39.7 Å². The first-order valence-corrected chi connectivity index (χ1v) is 8.39. The average Bonchev–Trinajstić information content (AvgIpc) is 2.66. The number of carbonyl (C=O) groups is 2. The number of hydrogen-bond donors (Lipinski definition) is 4. The number of carboxylic acids is 1. The highest BCUT2D eigenvalue weighted by molar-refractivity contribution is 5.87. The summed E-state index contributed by atoms with van der Waals surface area (Å²) in [5, 5.41) is 32.0. The van der Waals surface area contributed by atoms with Crippen LogP contribution >= 0.6 is 0 Å². The lowest BCUT2D eigenvalue weighted by molar-refractivity contribution is 0.0124. The summed E-state index contributed by atoms with van der Waals surface area (Å²) < 4.78 is 5.04. The zero-order chi connectivity index (χ0) is 19.8. The number of alkyl carbamates (subject to hydrolysis) is 1. The Morgan fingerprint density at radius 2 is 1.93 bits per heavy atom. The second-order valence-corrected chi connectivity index (χ2v) is 6.05. The van der Waals surface area contributed by atoms with E-state index < -0.39 is 24.3 Å². The number of aromatic carboxylic acids is 1. The molecule has 0 spiro atoms. The molecule has 0 aliphatic heterocycles. The van der Waals surface area contributed by atoms with Crippen molar-refractivity contribution in [3.8, 4) is 0 Å². The van der Waals surface area contributed by atoms with Gasteiger partial charge in [-0.1, -0.05) is 30.3 Å². The second-order valence-electron chi connectivity index (χ2n) is 6.05. The number of aliphatic hydroxyl groups excluding tert-OH is 2. The number of hydrogen-bond acceptors (Lipinski definition) is 6. The van der Waals surface area contributed by atoms with E-state index in [1.165, 1.54) is 12.3 Å². The van der Waals surface area contributed by atoms with E-state index >= 15 is 0 Å². The molecule has 0 fully saturated rings. The van der Waals surface area contributed by atoms with Crippen molar-refractivity contribution in [1.82, 2.24) is 10.3 Å². The average molecular weight is 374 g/mol. The van der Waals surface area contributed by atoms with Crippen molar-refractivity contribution in [1.29, 1.82) is 0 Å². The van der Waals surface area contributed by atoms with Crippen molar-refractivity contribution >= 4 is 12.1 Å². The second kappa shape index (κ2) is 9.65. The highest BCUT2D eigenvalue weighted by atomic mass is 16.5. The Hall–Kier alpha value is -2.97. The molecule has 27 heavy (non-hydrogen) atoms. The number of rotatable bonds is 8. The maximum absolute atomic E-state index is 11.7. The standard InChI is InChI=1S/C19H22N2O6/c1-12-9-14(16(18(24)25)21-10-12)17(23)15(22)7-8-20-19(26)27-11-13-5-3-2-4-6-13/h2-6,9-10,15,17,22-23H,7-8,11H2,1H3,(H,20,26)(H,24,25). The number of aryl methyl sites for hydroxylation is 1. The molecule has 1 amide bonds. The van der Waals surface area contributed by atoms with E-state index in [9.17, 15) is 19.8 Å². The molecule has 0 saturated carbocycles. The number of ether oxygens (including phenoxy) is 1. The number of pyridine rings is 1. The molecule has 2 aromatic rings. The quantitative estimate of drug-likeness (QED) is 0.554. The summed E-state index contributed by atoms with van der Waals surface area (Å²) in [4.78, 5) is 26.7. The molecular weight excluding hydrogens is 352 g/mol. The number of carbonyl (C=O) groups excluding carboxylic acids is 1. The Kier molecular flexibility index (Phi) is 7.27. The minimum absolute atomic E-state index is 0.00854. The lowest BCUT2D eigenvalue weighted by Crippen LogP contribution is -2.30. The summed E-state index contributed by atoms with van der Waals surface area (Å²) in [6, 6.07) is 10.6. The van der Waals surface area contributed by atoms with E-state index in [0.29, 0.717) is 5.56 Å². The third-order valence-corrected chi connectivity index (χ3v) is 3.86. The molecule has 8 nitrogen and oxygen atoms in total. The summed E-state index contributed by atoms with van der Waals surface area (Å²) >= 11 is 0. The maximum atomic E-state index is 11.7. The minimum Gasteiger partial charge on any atom is -0.477 e. The number of aliphatic hydroxyl groups is 2. The van der Waals surface area contributed by atoms with Crippen molar-refractivity contribution in [2.75, 3.05) is 6.54 Å². The Labute approximate surface area is 156 Å². The molecule has 0 aliphatic rings. The molecule has 0 saturated heterocycles. The molecule has 1 aromatic carbocycles. The smallest absolute Gasteiger partial charge is 0.407 e. The third kappa shape index (κ3) is 6.05. The number of nitrogens with one attached hydrogen (secondary N) is 1. The van der Waals surface area contributed by atoms with Crippen LogP contribution in [0.15, 0.2) is 42.6 Å². The van der Waals surface area contributed by atoms with Crippen molar-refractivity contribution in [3.63, 3.8) is 0 Å². The van der Waals surface area contributed by atoms with Gasteiger partial charge in [0.25, 0.3) is 0 Å². The van der Waals surface area contributed by atoms with Crippen LogP contribution < -0.4 is 5.32 Å². The molecule has 8 heteroatoms. The van der Waals surface area contributed by atoms with Crippen molar-refractivity contribution < 1.29 is 29.6 Å². The molecule has 0 radical (unpaired) electrons. The lowest BCUT2D eigenvalue weighted by atomic mass is 9.99. The monoisotopic (exact) mass is 374 g/mol. The van der Waals surface area contributed by atoms with E-state index in [-0.39, 0.29) is 30.8 Å². The Morgan fingerprint density at radius 1 is 1.22 bits per heavy atom. The zero-order valence-corrected chi connectivity index (χ0v) is 14.8. The van der Waals surface area contributed by atoms with Gasteiger partial charge in [-0.05, 0) is 30.5 Å². The normalized spacial score (nSPS) is 12.9. The minimum atomic E-state index is -1.44. The molecule has 1 heterocycles. The lowest BCUT2D eigenvalue weighted by Gasteiger charge is -2.20. The first kappa shape index (κ1) is 20.3. The molecule has 4 N–H and O–H groups in total. The summed E-state index contributed by atoms with van der Waals surface area (Å²) in [5.41, 5.74) is 1.21. The predicted molar refractivity (Wildman–Crippen MR) is 96.1 cm³/mol. The molecule has 2 atom stereocenters. The van der Waals surface area contributed by atoms with E-state index in [4.69, 9.17) is 9.84 Å². The highest BCUT2D eigenvalue weighted by Crippen LogP contribution is 2.22. The van der Waals surface area contributed by atoms with Crippen LogP contribution in [0.2, 0.25) is 0 Å². The number of carboxylic acid groups (broad SMARTS) is 1. The predicted octanol–water partition coefficient (Wildman–Crippen LogP) is 1.80. The van der Waals surface area contributed by atoms with E-state index in [0.717, 1.165) is 5.56 Å². The maximum Gasteiger partial charge on any atom is 0.407 e. The summed E-state index contributed by atoms with van der Waals surface area (Å²) in [7, 11) is 0. The Bertz CT molecular complexity index is 781. The summed E-state index contributed by atoms with van der Waals surface area (Å²) in [6.45, 7) is 1.87. The van der Waals surface area contributed by atoms with Crippen LogP contribution in [0.25, 0.3) is 0 Å². The molecule has 2 unspecified atom stereocenters. The largest absolute Gasteiger partial charge is 0.477 e. The highest BCUT2D eigenvalue weighted by Gasteiger charge is 2.25. The fourth-order valence-electron chi connectivity index (χ4n) is 2.46. The van der Waals surface area contributed by atoms with Gasteiger partial charge in [0, 0.05) is 18.3 Å². The van der Waals surface area contributed by atoms with E-state index in [1.807, 2.05) is 30.3 Å². The first-order valence-electron chi connectivity index (χ1n) is 8.39. The third-order valence-electron chi connectivity index (χ3n) is 3.86. The van der Waals surface area contributed by atoms with Crippen LogP contribution in [-0.4, -0.2) is 45.0 Å². The van der Waals surface area contributed by atoms with Crippen LogP contribution in [0, 0.1) is 6.92 Å². The van der Waals surface area contributed by atoms with Crippen molar-refractivity contribution in [2.24, 2.45) is 0 Å². The topological polar surface area (TPSA) is 129 Å². The molecule has 0 aliphatic carbocycles. The van der Waals surface area contributed by atoms with Crippen LogP contribution in [0.5, 0.6) is 0 Å². The van der Waals surface area contributed by atoms with Crippen molar-refractivity contribution in [3.05, 3.63) is 65.0 Å². The fraction of sp³-hybridized carbons (Fsp3) is 0.316. The zero-order valence-electron chi connectivity index (χ0n) is 14.8. The molecule has 0 bridgehead atoms. The van der Waals surface area contributed by atoms with Crippen LogP contribution in [-0.2, 0) is 11.3 Å². The molecule has 1 aromatic heterocycles. The van der Waals surface area contributed by atoms with Gasteiger partial charge >= 0.3 is 12.1 Å². The Balaban J connectivity index is 1.83. The first-order chi connectivity index (χ1) is 12.9. The van der Waals surface area contributed by atoms with Gasteiger partial charge in [-0.25, -0.2) is 14.6 Å². The van der Waals surface area contributed by atoms with E-state index in [1.54, 1.807) is 6.92 Å². The van der Waals surface area contributed by atoms with Crippen molar-refractivity contribution in [2.45, 2.75) is 32.2 Å². The van der Waals surface area contributed by atoms with Gasteiger partial charge < -0.3 is 25.4 Å². The van der Waals surface area contributed by atoms with Gasteiger partial charge in [-0.3, -0.25) is 0 Å². The number of nitrogens with zero attached hydrogens (tertiary/aromatic N) is 1. The fourth-order valence-corrected chi connectivity index (χ4v) is 2.46. The van der Waals surface area contributed by atoms with Gasteiger partial charge in [0.1, 0.15) is 12.7 Å². The van der Waals surface area contributed by atoms with E-state index in [2.05, 4.69) is 10.3 Å². The van der Waals surface area contributed by atoms with Gasteiger partial charge in [0.05, 0.1) is 6.10 Å². The molecule has 144 valence electrons. The van der Waals surface area contributed by atoms with Gasteiger partial charge in [-0.15, -0.1) is 0 Å². The van der Waals surface area contributed by atoms with Gasteiger partial charge in [0.15, 0.2) is 5.69 Å². The molecule has 2 rings (SSSR count). The SMILES string of the molecule is Cc1cnc(C(=O)O)c(C(O)C(O)CCNC(=O)OCc2ccccc2)c1. The summed E-state index contributed by atoms with van der Waals surface area (Å²) in [6.07, 6.45) is -1.99. The van der Waals surface area contributed by atoms with Crippen LogP contribution in [0.3, 0.4) is 0 Å². The van der Waals surface area contributed by atoms with Crippen LogP contribution in [0.4, 0.5) is 4.79 Å². The Morgan fingerprint density at radius 3 is 2.59 bits per heavy atom. The number of amides is 1. The summed E-state index contributed by atoms with van der Waals surface area (Å²) in [5.74, 6) is -1.29. The van der Waals surface area contributed by atoms with Gasteiger partial charge in [0.2, 0.25) is 0 Å². The number of aromatic nitrogens is 1. The number of benzene rings is 1. The molecular formula is C19H22N2O6. The van der Waals surface area contributed by atoms with Gasteiger partial charge in [-0.2, -0.15) is 0 Å².